The molecule has 0 saturated carbocycles. The molecule has 0 aliphatic heterocycles. The maximum absolute atomic E-state index is 12.9. The van der Waals surface area contributed by atoms with Gasteiger partial charge in [0.15, 0.2) is 0 Å². The fraction of sp³-hybridized carbons (Fsp3) is 0.364. The van der Waals surface area contributed by atoms with E-state index in [9.17, 15) is 22.0 Å². The lowest BCUT2D eigenvalue weighted by molar-refractivity contribution is -0.141. The Bertz CT molecular complexity index is 554. The Kier molecular flexibility index (Phi) is 4.96. The number of carboxylic acids is 1. The first-order chi connectivity index (χ1) is 8.72. The highest BCUT2D eigenvalue weighted by Gasteiger charge is 2.17. The number of hydrogen-bond donors (Lipinski definition) is 2. The van der Waals surface area contributed by atoms with Gasteiger partial charge < -0.3 is 5.11 Å². The summed E-state index contributed by atoms with van der Waals surface area (Å²) in [5.41, 5.74) is 0. The van der Waals surface area contributed by atoms with Crippen LogP contribution in [0.4, 0.5) is 8.78 Å². The highest BCUT2D eigenvalue weighted by molar-refractivity contribution is 7.89. The van der Waals surface area contributed by atoms with E-state index in [1.54, 1.807) is 0 Å². The minimum atomic E-state index is -4.05. The van der Waals surface area contributed by atoms with Crippen molar-refractivity contribution in [3.63, 3.8) is 0 Å². The Morgan fingerprint density at radius 3 is 2.32 bits per heavy atom. The minimum Gasteiger partial charge on any atom is -0.481 e. The number of carbonyl (C=O) groups is 1. The fourth-order valence-corrected chi connectivity index (χ4v) is 2.39. The third kappa shape index (κ3) is 4.56. The van der Waals surface area contributed by atoms with E-state index in [1.165, 1.54) is 6.92 Å². The molecule has 0 radical (unpaired) electrons. The molecule has 0 aliphatic rings. The van der Waals surface area contributed by atoms with Gasteiger partial charge in [-0.2, -0.15) is 0 Å². The Labute approximate surface area is 109 Å². The SMILES string of the molecule is CC(CCNS(=O)(=O)c1cc(F)cc(F)c1)C(=O)O. The molecular formula is C11H13F2NO4S. The van der Waals surface area contributed by atoms with E-state index in [4.69, 9.17) is 5.11 Å². The number of rotatable bonds is 6. The average Bonchev–Trinajstić information content (AvgIpc) is 2.27. The zero-order chi connectivity index (χ0) is 14.6. The monoisotopic (exact) mass is 293 g/mol. The molecule has 5 nitrogen and oxygen atoms in total. The molecule has 0 aromatic heterocycles. The van der Waals surface area contributed by atoms with Crippen LogP contribution in [0.2, 0.25) is 0 Å². The van der Waals surface area contributed by atoms with E-state index < -0.39 is 38.4 Å². The quantitative estimate of drug-likeness (QED) is 0.829. The van der Waals surface area contributed by atoms with Gasteiger partial charge in [-0.25, -0.2) is 21.9 Å². The normalized spacial score (nSPS) is 13.2. The lowest BCUT2D eigenvalue weighted by Gasteiger charge is -2.09. The van der Waals surface area contributed by atoms with E-state index in [2.05, 4.69) is 4.72 Å². The summed E-state index contributed by atoms with van der Waals surface area (Å²) in [4.78, 5) is 10.0. The molecule has 1 aromatic carbocycles. The van der Waals surface area contributed by atoms with Gasteiger partial charge in [0.2, 0.25) is 10.0 Å². The molecule has 0 heterocycles. The van der Waals surface area contributed by atoms with E-state index >= 15 is 0 Å². The smallest absolute Gasteiger partial charge is 0.306 e. The Morgan fingerprint density at radius 1 is 1.32 bits per heavy atom. The van der Waals surface area contributed by atoms with Crippen LogP contribution in [0.1, 0.15) is 13.3 Å². The first-order valence-electron chi connectivity index (χ1n) is 5.41. The van der Waals surface area contributed by atoms with Gasteiger partial charge in [-0.1, -0.05) is 6.92 Å². The highest BCUT2D eigenvalue weighted by Crippen LogP contribution is 2.13. The van der Waals surface area contributed by atoms with Gasteiger partial charge in [0.1, 0.15) is 11.6 Å². The molecule has 19 heavy (non-hydrogen) atoms. The molecule has 0 saturated heterocycles. The minimum absolute atomic E-state index is 0.0758. The molecule has 0 fully saturated rings. The summed E-state index contributed by atoms with van der Waals surface area (Å²) in [6.07, 6.45) is 0.0758. The predicted octanol–water partition coefficient (Wildman–Crippen LogP) is 1.35. The zero-order valence-corrected chi connectivity index (χ0v) is 10.9. The standard InChI is InChI=1S/C11H13F2NO4S/c1-7(11(15)16)2-3-14-19(17,18)10-5-8(12)4-9(13)6-10/h4-7,14H,2-3H2,1H3,(H,15,16). The van der Waals surface area contributed by atoms with Gasteiger partial charge in [0.05, 0.1) is 10.8 Å². The molecule has 1 rings (SSSR count). The maximum Gasteiger partial charge on any atom is 0.306 e. The molecule has 0 amide bonds. The lowest BCUT2D eigenvalue weighted by atomic mass is 10.1. The van der Waals surface area contributed by atoms with Gasteiger partial charge in [-0.05, 0) is 18.6 Å². The van der Waals surface area contributed by atoms with Crippen LogP contribution in [-0.4, -0.2) is 26.0 Å². The molecule has 0 bridgehead atoms. The van der Waals surface area contributed by atoms with E-state index in [-0.39, 0.29) is 13.0 Å². The first-order valence-corrected chi connectivity index (χ1v) is 6.89. The first kappa shape index (κ1) is 15.5. The summed E-state index contributed by atoms with van der Waals surface area (Å²) in [5.74, 6) is -3.76. The second-order valence-electron chi connectivity index (χ2n) is 4.03. The molecule has 0 spiro atoms. The van der Waals surface area contributed by atoms with Crippen LogP contribution >= 0.6 is 0 Å². The van der Waals surface area contributed by atoms with Crippen molar-refractivity contribution in [3.8, 4) is 0 Å². The van der Waals surface area contributed by atoms with Crippen LogP contribution in [0.3, 0.4) is 0 Å². The second-order valence-corrected chi connectivity index (χ2v) is 5.80. The van der Waals surface area contributed by atoms with Crippen molar-refractivity contribution in [1.29, 1.82) is 0 Å². The van der Waals surface area contributed by atoms with Gasteiger partial charge in [0, 0.05) is 12.6 Å². The summed E-state index contributed by atoms with van der Waals surface area (Å²) in [7, 11) is -4.05. The maximum atomic E-state index is 12.9. The largest absolute Gasteiger partial charge is 0.481 e. The third-order valence-corrected chi connectivity index (χ3v) is 3.88. The Morgan fingerprint density at radius 2 is 1.84 bits per heavy atom. The third-order valence-electron chi connectivity index (χ3n) is 2.44. The second kappa shape index (κ2) is 6.07. The highest BCUT2D eigenvalue weighted by atomic mass is 32.2. The molecule has 1 aromatic rings. The van der Waals surface area contributed by atoms with Crippen LogP contribution in [0, 0.1) is 17.6 Å². The molecule has 1 atom stereocenters. The van der Waals surface area contributed by atoms with Gasteiger partial charge >= 0.3 is 5.97 Å². The number of nitrogens with one attached hydrogen (secondary N) is 1. The molecule has 0 aliphatic carbocycles. The number of sulfonamides is 1. The number of aliphatic carboxylic acids is 1. The van der Waals surface area contributed by atoms with Crippen LogP contribution in [0.5, 0.6) is 0 Å². The number of benzene rings is 1. The summed E-state index contributed by atoms with van der Waals surface area (Å²) >= 11 is 0. The van der Waals surface area contributed by atoms with Gasteiger partial charge in [0.25, 0.3) is 0 Å². The van der Waals surface area contributed by atoms with Crippen LogP contribution in [0.15, 0.2) is 23.1 Å². The fourth-order valence-electron chi connectivity index (χ4n) is 1.30. The molecule has 106 valence electrons. The topological polar surface area (TPSA) is 83.5 Å². The van der Waals surface area contributed by atoms with E-state index in [0.717, 1.165) is 0 Å². The summed E-state index contributed by atoms with van der Waals surface area (Å²) in [6.45, 7) is 1.30. The number of carboxylic acid groups (broad SMARTS) is 1. The van der Waals surface area contributed by atoms with Crippen LogP contribution < -0.4 is 4.72 Å². The lowest BCUT2D eigenvalue weighted by Crippen LogP contribution is -2.27. The Balaban J connectivity index is 2.73. The molecule has 8 heteroatoms. The van der Waals surface area contributed by atoms with Crippen molar-refractivity contribution in [3.05, 3.63) is 29.8 Å². The molecule has 2 N–H and O–H groups in total. The molecular weight excluding hydrogens is 280 g/mol. The summed E-state index contributed by atoms with van der Waals surface area (Å²) < 4.78 is 51.3. The predicted molar refractivity (Wildman–Crippen MR) is 63.0 cm³/mol. The van der Waals surface area contributed by atoms with Gasteiger partial charge in [-0.15, -0.1) is 0 Å². The van der Waals surface area contributed by atoms with Gasteiger partial charge in [-0.3, -0.25) is 4.79 Å². The van der Waals surface area contributed by atoms with Crippen molar-refractivity contribution in [2.75, 3.05) is 6.54 Å². The Hall–Kier alpha value is -1.54. The molecule has 1 unspecified atom stereocenters. The van der Waals surface area contributed by atoms with Crippen molar-refractivity contribution in [2.45, 2.75) is 18.2 Å². The van der Waals surface area contributed by atoms with Crippen molar-refractivity contribution >= 4 is 16.0 Å². The van der Waals surface area contributed by atoms with E-state index in [0.29, 0.717) is 18.2 Å². The van der Waals surface area contributed by atoms with Crippen molar-refractivity contribution < 1.29 is 27.1 Å². The summed E-state index contributed by atoms with van der Waals surface area (Å²) in [6, 6.07) is 1.93. The number of hydrogen-bond acceptors (Lipinski definition) is 3. The van der Waals surface area contributed by atoms with Crippen LogP contribution in [0.25, 0.3) is 0 Å². The summed E-state index contributed by atoms with van der Waals surface area (Å²) in [5, 5.41) is 8.62. The van der Waals surface area contributed by atoms with Crippen molar-refractivity contribution in [2.24, 2.45) is 5.92 Å². The average molecular weight is 293 g/mol. The van der Waals surface area contributed by atoms with Crippen molar-refractivity contribution in [1.82, 2.24) is 4.72 Å². The van der Waals surface area contributed by atoms with E-state index in [1.807, 2.05) is 0 Å². The number of halogens is 2. The van der Waals surface area contributed by atoms with Crippen LogP contribution in [-0.2, 0) is 14.8 Å². The zero-order valence-electron chi connectivity index (χ0n) is 10.1.